The second-order valence-electron chi connectivity index (χ2n) is 5.81. The molecule has 2 aliphatic rings. The van der Waals surface area contributed by atoms with Crippen molar-refractivity contribution in [3.05, 3.63) is 29.8 Å². The summed E-state index contributed by atoms with van der Waals surface area (Å²) in [5.74, 6) is 0. The molecule has 104 valence electrons. The second-order valence-corrected chi connectivity index (χ2v) is 5.81. The van der Waals surface area contributed by atoms with E-state index in [2.05, 4.69) is 46.3 Å². The van der Waals surface area contributed by atoms with Crippen LogP contribution in [-0.2, 0) is 0 Å². The van der Waals surface area contributed by atoms with Crippen molar-refractivity contribution in [3.8, 4) is 0 Å². The molecule has 3 nitrogen and oxygen atoms in total. The molecule has 19 heavy (non-hydrogen) atoms. The maximum Gasteiger partial charge on any atom is 0.0396 e. The molecule has 1 aromatic rings. The molecule has 2 saturated heterocycles. The normalized spacial score (nSPS) is 25.5. The molecule has 0 aromatic heterocycles. The molecule has 1 N–H and O–H groups in total. The topological polar surface area (TPSA) is 18.5 Å². The maximum atomic E-state index is 3.50. The SMILES string of the molecule is Cc1ccccc1N1CCC(N2CCCNCC2)C1. The second kappa shape index (κ2) is 5.93. The quantitative estimate of drug-likeness (QED) is 0.875. The van der Waals surface area contributed by atoms with Crippen LogP contribution in [0.2, 0.25) is 0 Å². The summed E-state index contributed by atoms with van der Waals surface area (Å²) in [6.45, 7) is 9.44. The Bertz CT molecular complexity index is 410. The number of nitrogens with zero attached hydrogens (tertiary/aromatic N) is 2. The highest BCUT2D eigenvalue weighted by atomic mass is 15.3. The highest BCUT2D eigenvalue weighted by Gasteiger charge is 2.28. The summed E-state index contributed by atoms with van der Waals surface area (Å²) in [7, 11) is 0. The lowest BCUT2D eigenvalue weighted by atomic mass is 10.2. The van der Waals surface area contributed by atoms with Crippen LogP contribution in [0.25, 0.3) is 0 Å². The van der Waals surface area contributed by atoms with Gasteiger partial charge >= 0.3 is 0 Å². The number of hydrogen-bond acceptors (Lipinski definition) is 3. The monoisotopic (exact) mass is 259 g/mol. The van der Waals surface area contributed by atoms with Crippen LogP contribution >= 0.6 is 0 Å². The van der Waals surface area contributed by atoms with Gasteiger partial charge in [-0.15, -0.1) is 0 Å². The summed E-state index contributed by atoms with van der Waals surface area (Å²) in [6.07, 6.45) is 2.61. The number of aryl methyl sites for hydroxylation is 1. The number of rotatable bonds is 2. The Labute approximate surface area is 116 Å². The molecule has 2 fully saturated rings. The van der Waals surface area contributed by atoms with Gasteiger partial charge in [0.05, 0.1) is 0 Å². The maximum absolute atomic E-state index is 3.50. The first kappa shape index (κ1) is 12.9. The van der Waals surface area contributed by atoms with Crippen LogP contribution in [0.3, 0.4) is 0 Å². The first-order valence-corrected chi connectivity index (χ1v) is 7.60. The molecular weight excluding hydrogens is 234 g/mol. The molecule has 1 atom stereocenters. The highest BCUT2D eigenvalue weighted by Crippen LogP contribution is 2.26. The largest absolute Gasteiger partial charge is 0.370 e. The Morgan fingerprint density at radius 3 is 2.89 bits per heavy atom. The van der Waals surface area contributed by atoms with E-state index in [1.165, 1.54) is 56.8 Å². The number of para-hydroxylation sites is 1. The predicted molar refractivity (Wildman–Crippen MR) is 80.9 cm³/mol. The average molecular weight is 259 g/mol. The van der Waals surface area contributed by atoms with Crippen LogP contribution in [0.5, 0.6) is 0 Å². The van der Waals surface area contributed by atoms with Crippen molar-refractivity contribution in [2.75, 3.05) is 44.2 Å². The molecule has 0 saturated carbocycles. The summed E-state index contributed by atoms with van der Waals surface area (Å²) < 4.78 is 0. The van der Waals surface area contributed by atoms with Gasteiger partial charge in [-0.05, 0) is 44.5 Å². The van der Waals surface area contributed by atoms with Crippen molar-refractivity contribution in [1.29, 1.82) is 0 Å². The van der Waals surface area contributed by atoms with Crippen molar-refractivity contribution in [2.45, 2.75) is 25.8 Å². The van der Waals surface area contributed by atoms with E-state index in [-0.39, 0.29) is 0 Å². The number of hydrogen-bond donors (Lipinski definition) is 1. The van der Waals surface area contributed by atoms with Gasteiger partial charge in [0, 0.05) is 37.9 Å². The molecule has 0 aliphatic carbocycles. The fourth-order valence-corrected chi connectivity index (χ4v) is 3.41. The van der Waals surface area contributed by atoms with E-state index < -0.39 is 0 Å². The Hall–Kier alpha value is -1.06. The van der Waals surface area contributed by atoms with Gasteiger partial charge in [0.25, 0.3) is 0 Å². The van der Waals surface area contributed by atoms with Gasteiger partial charge in [0.1, 0.15) is 0 Å². The van der Waals surface area contributed by atoms with E-state index in [0.717, 1.165) is 12.6 Å². The van der Waals surface area contributed by atoms with E-state index in [9.17, 15) is 0 Å². The number of benzene rings is 1. The van der Waals surface area contributed by atoms with Crippen LogP contribution in [0.4, 0.5) is 5.69 Å². The van der Waals surface area contributed by atoms with Crippen molar-refractivity contribution < 1.29 is 0 Å². The molecule has 1 unspecified atom stereocenters. The minimum Gasteiger partial charge on any atom is -0.370 e. The molecular formula is C16H25N3. The summed E-state index contributed by atoms with van der Waals surface area (Å²) >= 11 is 0. The molecule has 3 rings (SSSR count). The van der Waals surface area contributed by atoms with Gasteiger partial charge in [0.15, 0.2) is 0 Å². The fourth-order valence-electron chi connectivity index (χ4n) is 3.41. The molecule has 2 aliphatic heterocycles. The minimum atomic E-state index is 0.750. The van der Waals surface area contributed by atoms with Crippen LogP contribution in [0.1, 0.15) is 18.4 Å². The zero-order valence-electron chi connectivity index (χ0n) is 11.9. The van der Waals surface area contributed by atoms with Gasteiger partial charge < -0.3 is 10.2 Å². The highest BCUT2D eigenvalue weighted by molar-refractivity contribution is 5.53. The lowest BCUT2D eigenvalue weighted by Crippen LogP contribution is -2.39. The summed E-state index contributed by atoms with van der Waals surface area (Å²) in [6, 6.07) is 9.53. The molecule has 0 bridgehead atoms. The Balaban J connectivity index is 1.65. The zero-order chi connectivity index (χ0) is 13.1. The molecule has 0 spiro atoms. The lowest BCUT2D eigenvalue weighted by Gasteiger charge is -2.28. The Kier molecular flexibility index (Phi) is 4.04. The third-order valence-electron chi connectivity index (χ3n) is 4.51. The summed E-state index contributed by atoms with van der Waals surface area (Å²) in [5.41, 5.74) is 2.83. The smallest absolute Gasteiger partial charge is 0.0396 e. The zero-order valence-corrected chi connectivity index (χ0v) is 11.9. The molecule has 0 amide bonds. The van der Waals surface area contributed by atoms with Crippen molar-refractivity contribution >= 4 is 5.69 Å². The minimum absolute atomic E-state index is 0.750. The van der Waals surface area contributed by atoms with E-state index in [0.29, 0.717) is 0 Å². The molecule has 2 heterocycles. The third-order valence-corrected chi connectivity index (χ3v) is 4.51. The van der Waals surface area contributed by atoms with Gasteiger partial charge in [-0.1, -0.05) is 18.2 Å². The first-order valence-electron chi connectivity index (χ1n) is 7.60. The van der Waals surface area contributed by atoms with Crippen molar-refractivity contribution in [2.24, 2.45) is 0 Å². The van der Waals surface area contributed by atoms with E-state index in [1.807, 2.05) is 0 Å². The molecule has 0 radical (unpaired) electrons. The van der Waals surface area contributed by atoms with Gasteiger partial charge in [0.2, 0.25) is 0 Å². The Morgan fingerprint density at radius 2 is 2.00 bits per heavy atom. The molecule has 3 heteroatoms. The van der Waals surface area contributed by atoms with E-state index in [4.69, 9.17) is 0 Å². The fraction of sp³-hybridized carbons (Fsp3) is 0.625. The van der Waals surface area contributed by atoms with Crippen LogP contribution in [0, 0.1) is 6.92 Å². The third kappa shape index (κ3) is 2.93. The van der Waals surface area contributed by atoms with Crippen LogP contribution < -0.4 is 10.2 Å². The average Bonchev–Trinajstić information content (AvgIpc) is 2.75. The van der Waals surface area contributed by atoms with Gasteiger partial charge in [-0.2, -0.15) is 0 Å². The van der Waals surface area contributed by atoms with E-state index in [1.54, 1.807) is 0 Å². The van der Waals surface area contributed by atoms with Crippen molar-refractivity contribution in [3.63, 3.8) is 0 Å². The van der Waals surface area contributed by atoms with Crippen LogP contribution in [0.15, 0.2) is 24.3 Å². The Morgan fingerprint density at radius 1 is 1.11 bits per heavy atom. The lowest BCUT2D eigenvalue weighted by molar-refractivity contribution is 0.224. The number of nitrogens with one attached hydrogen (secondary N) is 1. The standard InChI is InChI=1S/C16H25N3/c1-14-5-2-3-6-16(14)19-11-7-15(13-19)18-10-4-8-17-9-12-18/h2-3,5-6,15,17H,4,7-13H2,1H3. The van der Waals surface area contributed by atoms with Crippen molar-refractivity contribution in [1.82, 2.24) is 10.2 Å². The summed E-state index contributed by atoms with van der Waals surface area (Å²) in [4.78, 5) is 5.26. The van der Waals surface area contributed by atoms with E-state index >= 15 is 0 Å². The number of anilines is 1. The van der Waals surface area contributed by atoms with Crippen LogP contribution in [-0.4, -0.2) is 50.2 Å². The van der Waals surface area contributed by atoms with Gasteiger partial charge in [-0.3, -0.25) is 4.90 Å². The predicted octanol–water partition coefficient (Wildman–Crippen LogP) is 1.87. The van der Waals surface area contributed by atoms with Gasteiger partial charge in [-0.25, -0.2) is 0 Å². The molecule has 1 aromatic carbocycles. The first-order chi connectivity index (χ1) is 9.34. The summed E-state index contributed by atoms with van der Waals surface area (Å²) in [5, 5.41) is 3.50.